The number of nitrogens with two attached hydrogens (primary N) is 1. The molecular weight excluding hydrogens is 2040 g/mol. The zero-order valence-corrected chi connectivity index (χ0v) is 87.6. The number of aromatic carboxylic acids is 1. The first-order valence-corrected chi connectivity index (χ1v) is 47.8. The summed E-state index contributed by atoms with van der Waals surface area (Å²) in [5.74, 6) is -1.14. The number of nitrogens with one attached hydrogen (secondary N) is 5. The lowest BCUT2D eigenvalue weighted by atomic mass is 9.95. The van der Waals surface area contributed by atoms with Crippen LogP contribution in [0.15, 0.2) is 183 Å². The van der Waals surface area contributed by atoms with Crippen LogP contribution in [0.3, 0.4) is 0 Å². The molecule has 0 saturated heterocycles. The van der Waals surface area contributed by atoms with Crippen LogP contribution in [-0.2, 0) is 97.5 Å². The molecule has 0 saturated carbocycles. The number of aromatic nitrogens is 9. The number of nitrogens with zero attached hydrogens (tertiary/aromatic N) is 8. The number of esters is 2. The number of H-pyrrole nitrogens is 3. The number of ether oxygens (including phenoxy) is 7. The SMILES string of the molecule is C.C.COC(=O)[C@@H](N)Cc1ccc(OCCCc2ccc3c(n2)N(C(=O)OC(C)(C)C)CCC3)cc1.COC(=O)[C@H](Cc1ccc(OCCCc2ccc3c(n2)N(C(=O)OC(C)(C)C)CCC3)cc1)NC(=O)c1c(Cl)cc(-c2cnc[nH]2)cc1Cl.O=C(N[C@@H](Cc1ccc(OCCCc2ccc3c(n2)CCCC3)cc1)C(=O)O)c1c(Cl)cc(-c2cnc[nH]2)cc1Cl.O=C(O)c1c(Cl)cc(-c2cnc[nH]2)cc1Cl.S.S.S. The zero-order chi connectivity index (χ0) is 100. The Balaban J connectivity index is 0.000000272. The normalized spacial score (nSPS) is 12.7. The second-order valence-corrected chi connectivity index (χ2v) is 37.7. The Kier molecular flexibility index (Phi) is 47.2. The van der Waals surface area contributed by atoms with E-state index < -0.39 is 65.0 Å². The molecule has 31 nitrogen and oxygen atoms in total. The number of rotatable bonds is 32. The van der Waals surface area contributed by atoms with Crippen LogP contribution in [0.5, 0.6) is 17.2 Å². The van der Waals surface area contributed by atoms with Crippen molar-refractivity contribution in [3.63, 3.8) is 0 Å². The lowest BCUT2D eigenvalue weighted by Gasteiger charge is -2.31. The van der Waals surface area contributed by atoms with Gasteiger partial charge in [0, 0.05) is 65.4 Å². The predicted octanol–water partition coefficient (Wildman–Crippen LogP) is 21.6. The summed E-state index contributed by atoms with van der Waals surface area (Å²) in [4.78, 5) is 137. The number of halogens is 6. The summed E-state index contributed by atoms with van der Waals surface area (Å²) in [6.45, 7) is 13.9. The number of fused-ring (bicyclic) bond motifs is 3. The number of amides is 4. The molecule has 4 amide bonds. The van der Waals surface area contributed by atoms with E-state index in [0.29, 0.717) is 103 Å². The van der Waals surface area contributed by atoms with Crippen LogP contribution in [0.2, 0.25) is 30.1 Å². The van der Waals surface area contributed by atoms with Gasteiger partial charge in [0.05, 0.1) is 136 Å². The number of aliphatic carboxylic acids is 1. The van der Waals surface area contributed by atoms with Crippen molar-refractivity contribution in [1.82, 2.24) is 55.5 Å². The van der Waals surface area contributed by atoms with E-state index in [2.05, 4.69) is 63.5 Å². The highest BCUT2D eigenvalue weighted by Crippen LogP contribution is 2.37. The van der Waals surface area contributed by atoms with E-state index in [4.69, 9.17) is 124 Å². The fraction of sp³-hybridized carbons (Fsp3) is 0.352. The average molecular weight is 2160 g/mol. The minimum atomic E-state index is -1.18. The number of hydrogen-bond acceptors (Lipinski definition) is 22. The lowest BCUT2D eigenvalue weighted by Crippen LogP contribution is -2.43. The van der Waals surface area contributed by atoms with Crippen molar-refractivity contribution in [2.45, 2.75) is 195 Å². The quantitative estimate of drug-likeness (QED) is 0.0110. The van der Waals surface area contributed by atoms with Crippen LogP contribution < -0.4 is 40.4 Å². The molecule has 145 heavy (non-hydrogen) atoms. The number of carboxylic acids is 2. The first-order chi connectivity index (χ1) is 67.0. The highest BCUT2D eigenvalue weighted by molar-refractivity contribution is 7.59. The van der Waals surface area contributed by atoms with E-state index in [1.165, 1.54) is 69.4 Å². The van der Waals surface area contributed by atoms with E-state index >= 15 is 0 Å². The number of hydrogen-bond donors (Lipinski definition) is 8. The van der Waals surface area contributed by atoms with Crippen molar-refractivity contribution < 1.29 is 81.7 Å². The smallest absolute Gasteiger partial charge is 0.416 e. The molecule has 0 fully saturated rings. The van der Waals surface area contributed by atoms with E-state index in [1.807, 2.05) is 108 Å². The van der Waals surface area contributed by atoms with E-state index in [9.17, 15) is 43.5 Å². The molecule has 15 rings (SSSR count). The fourth-order valence-corrected chi connectivity index (χ4v) is 17.5. The largest absolute Gasteiger partial charge is 0.494 e. The summed E-state index contributed by atoms with van der Waals surface area (Å²) in [6.07, 6.45) is 22.1. The first kappa shape index (κ1) is 120. The monoisotopic (exact) mass is 2160 g/mol. The Hall–Kier alpha value is -12.1. The third-order valence-corrected chi connectivity index (χ3v) is 24.2. The van der Waals surface area contributed by atoms with Gasteiger partial charge in [0.25, 0.3) is 11.8 Å². The predicted molar refractivity (Wildman–Crippen MR) is 581 cm³/mol. The Labute approximate surface area is 894 Å². The molecule has 9 N–H and O–H groups in total. The molecule has 0 unspecified atom stereocenters. The average Bonchev–Trinajstić information content (AvgIpc) is 1.70. The van der Waals surface area contributed by atoms with E-state index in [1.54, 1.807) is 76.9 Å². The number of carbonyl (C=O) groups is 8. The van der Waals surface area contributed by atoms with Gasteiger partial charge in [-0.15, -0.1) is 0 Å². The van der Waals surface area contributed by atoms with Gasteiger partial charge >= 0.3 is 36.1 Å². The second kappa shape index (κ2) is 57.1. The minimum absolute atomic E-state index is 0. The van der Waals surface area contributed by atoms with Crippen molar-refractivity contribution in [1.29, 1.82) is 0 Å². The van der Waals surface area contributed by atoms with Gasteiger partial charge in [-0.1, -0.05) is 139 Å². The summed E-state index contributed by atoms with van der Waals surface area (Å²) in [6, 6.07) is 41.0. The van der Waals surface area contributed by atoms with Gasteiger partial charge in [-0.3, -0.25) is 29.2 Å². The Morgan fingerprint density at radius 2 is 0.759 bits per heavy atom. The zero-order valence-electron chi connectivity index (χ0n) is 80.0. The molecule has 1 aliphatic carbocycles. The molecule has 776 valence electrons. The molecule has 6 aromatic carbocycles. The number of imidazole rings is 3. The maximum Gasteiger partial charge on any atom is 0.416 e. The van der Waals surface area contributed by atoms with Gasteiger partial charge < -0.3 is 74.7 Å². The molecule has 3 atom stereocenters. The second-order valence-electron chi connectivity index (χ2n) is 35.2. The summed E-state index contributed by atoms with van der Waals surface area (Å²) < 4.78 is 38.5. The highest BCUT2D eigenvalue weighted by Gasteiger charge is 2.33. The number of benzene rings is 6. The summed E-state index contributed by atoms with van der Waals surface area (Å²) >= 11 is 37.3. The topological polar surface area (TPSA) is 423 Å². The van der Waals surface area contributed by atoms with Gasteiger partial charge in [0.15, 0.2) is 0 Å². The van der Waals surface area contributed by atoms with Gasteiger partial charge in [-0.25, -0.2) is 48.9 Å². The Morgan fingerprint density at radius 1 is 0.428 bits per heavy atom. The third-order valence-electron chi connectivity index (χ3n) is 22.4. The number of aryl methyl sites for hydroxylation is 7. The van der Waals surface area contributed by atoms with Crippen molar-refractivity contribution >= 4 is 170 Å². The van der Waals surface area contributed by atoms with Crippen LogP contribution in [0.1, 0.15) is 189 Å². The molecule has 2 aliphatic heterocycles. The van der Waals surface area contributed by atoms with Crippen LogP contribution >= 0.6 is 110 Å². The van der Waals surface area contributed by atoms with Crippen LogP contribution in [0.4, 0.5) is 21.2 Å². The van der Waals surface area contributed by atoms with Gasteiger partial charge in [0.1, 0.15) is 58.2 Å². The number of methoxy groups -OCH3 is 2. The van der Waals surface area contributed by atoms with Crippen molar-refractivity contribution in [2.24, 2.45) is 5.73 Å². The summed E-state index contributed by atoms with van der Waals surface area (Å²) in [5, 5.41) is 24.6. The van der Waals surface area contributed by atoms with Crippen molar-refractivity contribution in [2.75, 3.05) is 56.9 Å². The molecule has 40 heteroatoms. The van der Waals surface area contributed by atoms with Crippen molar-refractivity contribution in [3.8, 4) is 51.0 Å². The van der Waals surface area contributed by atoms with Crippen LogP contribution in [-0.4, -0.2) is 179 Å². The van der Waals surface area contributed by atoms with E-state index in [0.717, 1.165) is 121 Å². The standard InChI is InChI=1S/C36H39Cl2N5O6.C31H30Cl2N4O4.C26H35N3O5.C10H6Cl2N2O2.2CH4.3H2S/c1-36(2,3)49-35(46)43-15-5-7-23-11-12-25(41-32(23)43)8-6-16-48-26-13-9-22(10-14-26)17-29(34(45)47-4)42-33(44)31-27(37)18-24(19-28(31)38)30-20-39-21-40-30;32-24-15-21(28-17-34-18-35-28)16-25(33)29(24)30(38)37-27(31(39)40)14-19-7-11-23(12-8-19)41-13-3-5-22-10-9-20-4-1-2-6-26(20)36-22;1-26(2,3)34-25(31)29-15-5-7-19-11-12-20(28-23(19)29)8-6-16-33-21-13-9-18(10-14-21)17-22(27)24(30)32-4;11-6-1-5(8-3-13-4-14-8)2-7(12)9(6)10(15)16;;;;;/h9-14,18-21,29H,5-8,15-17H2,1-4H3,(H,39,40)(H,42,44);7-12,15-18,27H,1-6,13-14H2,(H,34,35)(H,37,38)(H,39,40);9-14,22H,5-8,15-17,27H2,1-4H3;1-4H,(H,13,14)(H,15,16);2*1H4;3*1H2/t29-;27-;22-;;;;;;/m000....../s1. The van der Waals surface area contributed by atoms with Gasteiger partial charge in [-0.05, 0) is 262 Å². The fourth-order valence-electron chi connectivity index (χ4n) is 15.5. The summed E-state index contributed by atoms with van der Waals surface area (Å²) in [5.41, 5.74) is 18.8. The maximum atomic E-state index is 13.2. The molecule has 12 aromatic rings. The van der Waals surface area contributed by atoms with Crippen molar-refractivity contribution in [3.05, 3.63) is 286 Å². The molecule has 0 radical (unpaired) electrons. The van der Waals surface area contributed by atoms with Crippen LogP contribution in [0, 0.1) is 0 Å². The van der Waals surface area contributed by atoms with Gasteiger partial charge in [0.2, 0.25) is 0 Å². The molecule has 3 aliphatic rings. The number of aromatic amines is 3. The number of anilines is 2. The number of carbonyl (C=O) groups excluding carboxylic acids is 6. The highest BCUT2D eigenvalue weighted by atomic mass is 35.5. The minimum Gasteiger partial charge on any atom is -0.494 e. The summed E-state index contributed by atoms with van der Waals surface area (Å²) in [7, 11) is 2.59. The lowest BCUT2D eigenvalue weighted by molar-refractivity contribution is -0.143. The maximum absolute atomic E-state index is 13.2. The molecule has 0 spiro atoms. The van der Waals surface area contributed by atoms with E-state index in [-0.39, 0.29) is 127 Å². The molecule has 0 bridgehead atoms. The first-order valence-electron chi connectivity index (χ1n) is 45.6. The van der Waals surface area contributed by atoms with Crippen LogP contribution in [0.25, 0.3) is 33.8 Å². The molecule has 8 heterocycles. The van der Waals surface area contributed by atoms with Gasteiger partial charge in [-0.2, -0.15) is 40.5 Å². The number of pyridine rings is 3. The Morgan fingerprint density at radius 3 is 1.10 bits per heavy atom. The molecular formula is C105H124Cl6N14O17S3. The molecule has 6 aromatic heterocycles. The Bertz CT molecular complexity index is 6240. The number of carboxylic acid groups (broad SMARTS) is 2. The third kappa shape index (κ3) is 35.1.